The number of hydrogen-bond donors (Lipinski definition) is 0. The molecule has 0 radical (unpaired) electrons. The van der Waals surface area contributed by atoms with Gasteiger partial charge in [-0.15, -0.1) is 10.2 Å². The van der Waals surface area contributed by atoms with Crippen LogP contribution in [0, 0.1) is 18.3 Å². The van der Waals surface area contributed by atoms with Crippen molar-refractivity contribution >= 4 is 6.09 Å². The van der Waals surface area contributed by atoms with Crippen molar-refractivity contribution < 1.29 is 9.53 Å². The summed E-state index contributed by atoms with van der Waals surface area (Å²) < 4.78 is 6.99. The standard InChI is InChI=1S/C15H17N5O2/c1-11-17-18-14(13-6-4-5-12(9-13)10-16)20(11)7-8-22-15(21)19(2)3/h4-6,9H,7-8H2,1-3H3. The molecule has 0 spiro atoms. The van der Waals surface area contributed by atoms with Gasteiger partial charge in [-0.2, -0.15) is 5.26 Å². The molecule has 7 heteroatoms. The van der Waals surface area contributed by atoms with E-state index in [1.807, 2.05) is 17.6 Å². The van der Waals surface area contributed by atoms with Crippen LogP contribution in [0.1, 0.15) is 11.4 Å². The quantitative estimate of drug-likeness (QED) is 0.859. The number of nitrogens with zero attached hydrogens (tertiary/aromatic N) is 5. The van der Waals surface area contributed by atoms with E-state index in [1.165, 1.54) is 4.90 Å². The molecule has 22 heavy (non-hydrogen) atoms. The molecule has 0 N–H and O–H groups in total. The van der Waals surface area contributed by atoms with E-state index in [4.69, 9.17) is 10.00 Å². The molecular weight excluding hydrogens is 282 g/mol. The van der Waals surface area contributed by atoms with Crippen LogP contribution < -0.4 is 0 Å². The highest BCUT2D eigenvalue weighted by Gasteiger charge is 2.12. The van der Waals surface area contributed by atoms with Crippen molar-refractivity contribution in [3.05, 3.63) is 35.7 Å². The number of carbonyl (C=O) groups is 1. The van der Waals surface area contributed by atoms with Crippen LogP contribution in [0.4, 0.5) is 4.79 Å². The van der Waals surface area contributed by atoms with Crippen LogP contribution in [0.3, 0.4) is 0 Å². The van der Waals surface area contributed by atoms with E-state index in [0.717, 1.165) is 11.4 Å². The summed E-state index contributed by atoms with van der Waals surface area (Å²) in [5.74, 6) is 1.37. The van der Waals surface area contributed by atoms with E-state index in [-0.39, 0.29) is 6.61 Å². The third-order valence-electron chi connectivity index (χ3n) is 3.09. The summed E-state index contributed by atoms with van der Waals surface area (Å²) in [6, 6.07) is 9.26. The van der Waals surface area contributed by atoms with E-state index in [1.54, 1.807) is 32.3 Å². The molecule has 0 bridgehead atoms. The lowest BCUT2D eigenvalue weighted by atomic mass is 10.1. The zero-order valence-electron chi connectivity index (χ0n) is 12.8. The summed E-state index contributed by atoms with van der Waals surface area (Å²) in [6.07, 6.45) is -0.390. The van der Waals surface area contributed by atoms with Crippen LogP contribution in [0.2, 0.25) is 0 Å². The van der Waals surface area contributed by atoms with Gasteiger partial charge in [-0.3, -0.25) is 0 Å². The van der Waals surface area contributed by atoms with Crippen molar-refractivity contribution in [1.29, 1.82) is 5.26 Å². The fourth-order valence-corrected chi connectivity index (χ4v) is 1.94. The van der Waals surface area contributed by atoms with E-state index >= 15 is 0 Å². The van der Waals surface area contributed by atoms with Crippen LogP contribution in [-0.4, -0.2) is 46.5 Å². The van der Waals surface area contributed by atoms with Gasteiger partial charge in [-0.25, -0.2) is 4.79 Å². The first-order valence-electron chi connectivity index (χ1n) is 6.77. The number of hydrogen-bond acceptors (Lipinski definition) is 5. The molecule has 0 fully saturated rings. The molecule has 2 rings (SSSR count). The number of nitriles is 1. The molecule has 0 aliphatic heterocycles. The highest BCUT2D eigenvalue weighted by Crippen LogP contribution is 2.19. The molecule has 1 heterocycles. The molecule has 114 valence electrons. The highest BCUT2D eigenvalue weighted by molar-refractivity contribution is 5.66. The second-order valence-electron chi connectivity index (χ2n) is 4.92. The van der Waals surface area contributed by atoms with Crippen molar-refractivity contribution in [2.75, 3.05) is 20.7 Å². The highest BCUT2D eigenvalue weighted by atomic mass is 16.6. The van der Waals surface area contributed by atoms with Gasteiger partial charge in [-0.05, 0) is 19.1 Å². The second kappa shape index (κ2) is 6.72. The smallest absolute Gasteiger partial charge is 0.409 e. The molecule has 2 aromatic rings. The molecule has 0 saturated carbocycles. The second-order valence-corrected chi connectivity index (χ2v) is 4.92. The lowest BCUT2D eigenvalue weighted by Gasteiger charge is -2.12. The number of rotatable bonds is 4. The fourth-order valence-electron chi connectivity index (χ4n) is 1.94. The van der Waals surface area contributed by atoms with Gasteiger partial charge in [0.1, 0.15) is 12.4 Å². The molecule has 0 atom stereocenters. The number of carbonyl (C=O) groups excluding carboxylic acids is 1. The zero-order chi connectivity index (χ0) is 16.1. The monoisotopic (exact) mass is 299 g/mol. The summed E-state index contributed by atoms with van der Waals surface area (Å²) in [5, 5.41) is 17.2. The van der Waals surface area contributed by atoms with Gasteiger partial charge >= 0.3 is 6.09 Å². The van der Waals surface area contributed by atoms with Crippen molar-refractivity contribution in [2.45, 2.75) is 13.5 Å². The molecule has 0 unspecified atom stereocenters. The zero-order valence-corrected chi connectivity index (χ0v) is 12.8. The Labute approximate surface area is 128 Å². The summed E-state index contributed by atoms with van der Waals surface area (Å²) >= 11 is 0. The Kier molecular flexibility index (Phi) is 4.73. The van der Waals surface area contributed by atoms with E-state index in [2.05, 4.69) is 16.3 Å². The summed E-state index contributed by atoms with van der Waals surface area (Å²) in [4.78, 5) is 12.8. The third kappa shape index (κ3) is 3.41. The predicted molar refractivity (Wildman–Crippen MR) is 79.9 cm³/mol. The Morgan fingerprint density at radius 3 is 2.86 bits per heavy atom. The van der Waals surface area contributed by atoms with Gasteiger partial charge in [0.25, 0.3) is 0 Å². The number of ether oxygens (including phenoxy) is 1. The van der Waals surface area contributed by atoms with Crippen molar-refractivity contribution in [1.82, 2.24) is 19.7 Å². The van der Waals surface area contributed by atoms with Gasteiger partial charge in [0.2, 0.25) is 0 Å². The van der Waals surface area contributed by atoms with Crippen molar-refractivity contribution in [2.24, 2.45) is 0 Å². The third-order valence-corrected chi connectivity index (χ3v) is 3.09. The lowest BCUT2D eigenvalue weighted by Crippen LogP contribution is -2.24. The minimum atomic E-state index is -0.390. The van der Waals surface area contributed by atoms with Crippen LogP contribution in [0.5, 0.6) is 0 Å². The average molecular weight is 299 g/mol. The summed E-state index contributed by atoms with van der Waals surface area (Å²) in [6.45, 7) is 2.50. The van der Waals surface area contributed by atoms with Crippen LogP contribution >= 0.6 is 0 Å². The number of amides is 1. The van der Waals surface area contributed by atoms with Crippen molar-refractivity contribution in [3.8, 4) is 17.5 Å². The van der Waals surface area contributed by atoms with Gasteiger partial charge < -0.3 is 14.2 Å². The fraction of sp³-hybridized carbons (Fsp3) is 0.333. The number of aromatic nitrogens is 3. The number of benzene rings is 1. The SMILES string of the molecule is Cc1nnc(-c2cccc(C#N)c2)n1CCOC(=O)N(C)C. The Morgan fingerprint density at radius 1 is 1.41 bits per heavy atom. The van der Waals surface area contributed by atoms with Gasteiger partial charge in [-0.1, -0.05) is 12.1 Å². The Bertz CT molecular complexity index is 715. The van der Waals surface area contributed by atoms with E-state index in [9.17, 15) is 4.79 Å². The maximum absolute atomic E-state index is 11.4. The summed E-state index contributed by atoms with van der Waals surface area (Å²) in [5.41, 5.74) is 1.36. The maximum Gasteiger partial charge on any atom is 0.409 e. The molecule has 1 aromatic carbocycles. The van der Waals surface area contributed by atoms with Gasteiger partial charge in [0.05, 0.1) is 18.2 Å². The average Bonchev–Trinajstić information content (AvgIpc) is 2.88. The Morgan fingerprint density at radius 2 is 2.18 bits per heavy atom. The minimum absolute atomic E-state index is 0.223. The van der Waals surface area contributed by atoms with Crippen LogP contribution in [0.15, 0.2) is 24.3 Å². The maximum atomic E-state index is 11.4. The topological polar surface area (TPSA) is 84.0 Å². The predicted octanol–water partition coefficient (Wildman–Crippen LogP) is 1.82. The van der Waals surface area contributed by atoms with Crippen LogP contribution in [0.25, 0.3) is 11.4 Å². The largest absolute Gasteiger partial charge is 0.448 e. The molecule has 1 aromatic heterocycles. The molecule has 1 amide bonds. The first-order valence-corrected chi connectivity index (χ1v) is 6.77. The van der Waals surface area contributed by atoms with Crippen molar-refractivity contribution in [3.63, 3.8) is 0 Å². The first-order chi connectivity index (χ1) is 10.5. The first kappa shape index (κ1) is 15.5. The molecule has 0 aliphatic carbocycles. The molecule has 0 aliphatic rings. The van der Waals surface area contributed by atoms with Gasteiger partial charge in [0.15, 0.2) is 5.82 Å². The molecule has 7 nitrogen and oxygen atoms in total. The van der Waals surface area contributed by atoms with Crippen LogP contribution in [-0.2, 0) is 11.3 Å². The summed E-state index contributed by atoms with van der Waals surface area (Å²) in [7, 11) is 3.26. The molecular formula is C15H17N5O2. The Balaban J connectivity index is 2.17. The van der Waals surface area contributed by atoms with E-state index in [0.29, 0.717) is 17.9 Å². The van der Waals surface area contributed by atoms with Gasteiger partial charge in [0, 0.05) is 19.7 Å². The lowest BCUT2D eigenvalue weighted by molar-refractivity contribution is 0.115. The molecule has 0 saturated heterocycles. The Hall–Kier alpha value is -2.88. The normalized spacial score (nSPS) is 10.1. The number of aryl methyl sites for hydroxylation is 1. The minimum Gasteiger partial charge on any atom is -0.448 e. The van der Waals surface area contributed by atoms with E-state index < -0.39 is 6.09 Å².